The van der Waals surface area contributed by atoms with Crippen LogP contribution in [0.25, 0.3) is 11.3 Å². The minimum atomic E-state index is -0.909. The second kappa shape index (κ2) is 5.88. The number of aliphatic hydroxyl groups is 1. The van der Waals surface area contributed by atoms with Crippen molar-refractivity contribution in [3.05, 3.63) is 41.4 Å². The number of hydrogen-bond acceptors (Lipinski definition) is 4. The Morgan fingerprint density at radius 3 is 2.55 bits per heavy atom. The largest absolute Gasteiger partial charge is 0.388 e. The molecular formula is C16H17FN2O3. The fourth-order valence-corrected chi connectivity index (χ4v) is 2.72. The zero-order valence-corrected chi connectivity index (χ0v) is 12.3. The molecule has 1 aliphatic heterocycles. The number of aromatic nitrogens is 1. The first kappa shape index (κ1) is 14.7. The maximum Gasteiger partial charge on any atom is 0.292 e. The van der Waals surface area contributed by atoms with Crippen LogP contribution < -0.4 is 0 Å². The summed E-state index contributed by atoms with van der Waals surface area (Å²) in [5, 5.41) is 14.0. The third kappa shape index (κ3) is 2.62. The van der Waals surface area contributed by atoms with Gasteiger partial charge in [0.25, 0.3) is 5.91 Å². The van der Waals surface area contributed by atoms with Crippen molar-refractivity contribution in [1.82, 2.24) is 10.1 Å². The Hall–Kier alpha value is -2.21. The molecule has 1 unspecified atom stereocenters. The number of carbonyl (C=O) groups is 1. The van der Waals surface area contributed by atoms with Crippen LogP contribution in [0.5, 0.6) is 0 Å². The summed E-state index contributed by atoms with van der Waals surface area (Å²) in [7, 11) is 0. The van der Waals surface area contributed by atoms with Crippen LogP contribution in [-0.2, 0) is 0 Å². The molecule has 6 heteroatoms. The monoisotopic (exact) mass is 304 g/mol. The van der Waals surface area contributed by atoms with Gasteiger partial charge in [-0.05, 0) is 44.0 Å². The summed E-state index contributed by atoms with van der Waals surface area (Å²) in [4.78, 5) is 14.2. The lowest BCUT2D eigenvalue weighted by Crippen LogP contribution is -2.28. The third-order valence-electron chi connectivity index (χ3n) is 3.85. The zero-order valence-electron chi connectivity index (χ0n) is 12.3. The highest BCUT2D eigenvalue weighted by molar-refractivity contribution is 5.94. The Balaban J connectivity index is 2.01. The number of hydrogen-bond donors (Lipinski definition) is 1. The van der Waals surface area contributed by atoms with Crippen LogP contribution in [0.3, 0.4) is 0 Å². The van der Waals surface area contributed by atoms with Gasteiger partial charge in [0.05, 0.1) is 11.7 Å². The molecule has 1 N–H and O–H groups in total. The zero-order chi connectivity index (χ0) is 15.7. The van der Waals surface area contributed by atoms with Crippen molar-refractivity contribution in [2.75, 3.05) is 13.1 Å². The van der Waals surface area contributed by atoms with Gasteiger partial charge in [-0.2, -0.15) is 0 Å². The fourth-order valence-electron chi connectivity index (χ4n) is 2.72. The molecule has 5 nitrogen and oxygen atoms in total. The van der Waals surface area contributed by atoms with E-state index < -0.39 is 6.10 Å². The van der Waals surface area contributed by atoms with Crippen LogP contribution in [-0.4, -0.2) is 34.2 Å². The smallest absolute Gasteiger partial charge is 0.292 e. The van der Waals surface area contributed by atoms with Gasteiger partial charge in [0.15, 0.2) is 0 Å². The average Bonchev–Trinajstić information content (AvgIpc) is 3.17. The predicted molar refractivity (Wildman–Crippen MR) is 77.7 cm³/mol. The Bertz CT molecular complexity index is 673. The van der Waals surface area contributed by atoms with Gasteiger partial charge < -0.3 is 14.5 Å². The van der Waals surface area contributed by atoms with Crippen molar-refractivity contribution >= 4 is 5.91 Å². The molecule has 3 rings (SSSR count). The van der Waals surface area contributed by atoms with Gasteiger partial charge in [-0.15, -0.1) is 0 Å². The highest BCUT2D eigenvalue weighted by Crippen LogP contribution is 2.31. The Labute approximate surface area is 127 Å². The van der Waals surface area contributed by atoms with Crippen LogP contribution in [0.2, 0.25) is 0 Å². The van der Waals surface area contributed by atoms with Gasteiger partial charge in [0, 0.05) is 18.7 Å². The Morgan fingerprint density at radius 1 is 1.32 bits per heavy atom. The van der Waals surface area contributed by atoms with E-state index in [1.807, 2.05) is 0 Å². The van der Waals surface area contributed by atoms with E-state index in [2.05, 4.69) is 5.16 Å². The second-order valence-electron chi connectivity index (χ2n) is 5.46. The number of benzene rings is 1. The molecule has 1 atom stereocenters. The van der Waals surface area contributed by atoms with E-state index in [1.54, 1.807) is 24.0 Å². The highest BCUT2D eigenvalue weighted by Gasteiger charge is 2.30. The predicted octanol–water partition coefficient (Wildman–Crippen LogP) is 2.77. The Morgan fingerprint density at radius 2 is 1.95 bits per heavy atom. The third-order valence-corrected chi connectivity index (χ3v) is 3.85. The highest BCUT2D eigenvalue weighted by atomic mass is 19.1. The molecule has 1 aromatic heterocycles. The van der Waals surface area contributed by atoms with Crippen molar-refractivity contribution in [2.45, 2.75) is 25.9 Å². The minimum absolute atomic E-state index is 0.0659. The lowest BCUT2D eigenvalue weighted by molar-refractivity contribution is 0.0743. The minimum Gasteiger partial charge on any atom is -0.388 e. The first-order valence-electron chi connectivity index (χ1n) is 7.31. The number of likely N-dealkylation sites (tertiary alicyclic amines) is 1. The topological polar surface area (TPSA) is 66.6 Å². The Kier molecular flexibility index (Phi) is 3.94. The molecule has 1 aromatic carbocycles. The van der Waals surface area contributed by atoms with Gasteiger partial charge in [0.1, 0.15) is 11.5 Å². The van der Waals surface area contributed by atoms with E-state index in [0.717, 1.165) is 12.8 Å². The summed E-state index contributed by atoms with van der Waals surface area (Å²) < 4.78 is 18.3. The van der Waals surface area contributed by atoms with Crippen molar-refractivity contribution in [3.8, 4) is 11.3 Å². The molecule has 1 amide bonds. The van der Waals surface area contributed by atoms with Gasteiger partial charge in [0.2, 0.25) is 5.76 Å². The number of halogens is 1. The van der Waals surface area contributed by atoms with Gasteiger partial charge in [-0.25, -0.2) is 4.39 Å². The summed E-state index contributed by atoms with van der Waals surface area (Å²) >= 11 is 0. The maximum atomic E-state index is 13.0. The molecule has 0 saturated carbocycles. The summed E-state index contributed by atoms with van der Waals surface area (Å²) in [6.45, 7) is 2.93. The number of amides is 1. The SMILES string of the molecule is CC(O)c1c(-c2ccc(F)cc2)noc1C(=O)N1CCCC1. The lowest BCUT2D eigenvalue weighted by Gasteiger charge is -2.14. The number of aliphatic hydroxyl groups excluding tert-OH is 1. The van der Waals surface area contributed by atoms with Crippen molar-refractivity contribution in [1.29, 1.82) is 0 Å². The summed E-state index contributed by atoms with van der Waals surface area (Å²) in [5.74, 6) is -0.551. The van der Waals surface area contributed by atoms with Crippen molar-refractivity contribution in [3.63, 3.8) is 0 Å². The van der Waals surface area contributed by atoms with Gasteiger partial charge in [-0.3, -0.25) is 4.79 Å². The van der Waals surface area contributed by atoms with E-state index in [4.69, 9.17) is 4.52 Å². The number of nitrogens with zero attached hydrogens (tertiary/aromatic N) is 2. The molecule has 2 heterocycles. The summed E-state index contributed by atoms with van der Waals surface area (Å²) in [5.41, 5.74) is 1.32. The molecule has 2 aromatic rings. The molecule has 1 aliphatic rings. The fraction of sp³-hybridized carbons (Fsp3) is 0.375. The molecule has 0 bridgehead atoms. The van der Waals surface area contributed by atoms with Crippen LogP contribution in [0, 0.1) is 5.82 Å². The molecule has 0 radical (unpaired) electrons. The summed E-state index contributed by atoms with van der Waals surface area (Å²) in [6, 6.07) is 5.70. The number of rotatable bonds is 3. The first-order valence-corrected chi connectivity index (χ1v) is 7.31. The van der Waals surface area contributed by atoms with E-state index in [1.165, 1.54) is 12.1 Å². The van der Waals surface area contributed by atoms with Gasteiger partial charge >= 0.3 is 0 Å². The second-order valence-corrected chi connectivity index (χ2v) is 5.46. The quantitative estimate of drug-likeness (QED) is 0.947. The average molecular weight is 304 g/mol. The van der Waals surface area contributed by atoms with Crippen molar-refractivity contribution in [2.24, 2.45) is 0 Å². The molecule has 22 heavy (non-hydrogen) atoms. The van der Waals surface area contributed by atoms with Crippen LogP contribution in [0.4, 0.5) is 4.39 Å². The lowest BCUT2D eigenvalue weighted by atomic mass is 10.0. The van der Waals surface area contributed by atoms with Gasteiger partial charge in [-0.1, -0.05) is 5.16 Å². The molecule has 0 spiro atoms. The first-order chi connectivity index (χ1) is 10.6. The van der Waals surface area contributed by atoms with Crippen LogP contribution >= 0.6 is 0 Å². The maximum absolute atomic E-state index is 13.0. The molecule has 1 saturated heterocycles. The normalized spacial score (nSPS) is 16.0. The molecular weight excluding hydrogens is 287 g/mol. The van der Waals surface area contributed by atoms with Crippen molar-refractivity contribution < 1.29 is 18.8 Å². The number of carbonyl (C=O) groups excluding carboxylic acids is 1. The van der Waals surface area contributed by atoms with Crippen LogP contribution in [0.1, 0.15) is 42.0 Å². The van der Waals surface area contributed by atoms with E-state index in [0.29, 0.717) is 29.9 Å². The summed E-state index contributed by atoms with van der Waals surface area (Å²) in [6.07, 6.45) is 1.02. The molecule has 0 aliphatic carbocycles. The molecule has 1 fully saturated rings. The van der Waals surface area contributed by atoms with Crippen LogP contribution in [0.15, 0.2) is 28.8 Å². The van der Waals surface area contributed by atoms with E-state index >= 15 is 0 Å². The standard InChI is InChI=1S/C16H17FN2O3/c1-10(20)13-14(11-4-6-12(17)7-5-11)18-22-15(13)16(21)19-8-2-3-9-19/h4-7,10,20H,2-3,8-9H2,1H3. The van der Waals surface area contributed by atoms with E-state index in [9.17, 15) is 14.3 Å². The molecule has 116 valence electrons. The van der Waals surface area contributed by atoms with E-state index in [-0.39, 0.29) is 17.5 Å².